The topological polar surface area (TPSA) is 59.5 Å². The molecule has 1 aromatic heterocycles. The van der Waals surface area contributed by atoms with Crippen LogP contribution in [0.25, 0.3) is 0 Å². The molecule has 1 aliphatic carbocycles. The van der Waals surface area contributed by atoms with Crippen molar-refractivity contribution in [1.82, 2.24) is 4.90 Å². The molecule has 1 fully saturated rings. The lowest BCUT2D eigenvalue weighted by Gasteiger charge is -2.26. The molecule has 15 heavy (non-hydrogen) atoms. The fourth-order valence-electron chi connectivity index (χ4n) is 1.89. The molecule has 4 heteroatoms. The van der Waals surface area contributed by atoms with E-state index >= 15 is 0 Å². The summed E-state index contributed by atoms with van der Waals surface area (Å²) in [6.07, 6.45) is 5.35. The molecule has 82 valence electrons. The summed E-state index contributed by atoms with van der Waals surface area (Å²) in [5.74, 6) is 0.585. The van der Waals surface area contributed by atoms with E-state index < -0.39 is 0 Å². The van der Waals surface area contributed by atoms with E-state index in [4.69, 9.17) is 10.2 Å². The van der Waals surface area contributed by atoms with Crippen LogP contribution < -0.4 is 5.73 Å². The molecule has 1 atom stereocenters. The highest BCUT2D eigenvalue weighted by Crippen LogP contribution is 2.34. The average molecular weight is 208 g/mol. The van der Waals surface area contributed by atoms with Crippen LogP contribution in [0.3, 0.4) is 0 Å². The molecule has 1 aromatic rings. The lowest BCUT2D eigenvalue weighted by Crippen LogP contribution is -2.43. The van der Waals surface area contributed by atoms with Gasteiger partial charge in [0, 0.05) is 19.6 Å². The fraction of sp³-hybridized carbons (Fsp3) is 0.545. The maximum Gasteiger partial charge on any atom is 0.257 e. The van der Waals surface area contributed by atoms with Crippen molar-refractivity contribution in [3.63, 3.8) is 0 Å². The monoisotopic (exact) mass is 208 g/mol. The largest absolute Gasteiger partial charge is 0.472 e. The first-order valence-corrected chi connectivity index (χ1v) is 5.23. The third-order valence-electron chi connectivity index (χ3n) is 2.99. The summed E-state index contributed by atoms with van der Waals surface area (Å²) in [7, 11) is 1.81. The molecule has 0 radical (unpaired) electrons. The Bertz CT molecular complexity index is 330. The molecule has 1 unspecified atom stereocenters. The Morgan fingerprint density at radius 1 is 1.73 bits per heavy atom. The molecular weight excluding hydrogens is 192 g/mol. The van der Waals surface area contributed by atoms with Crippen molar-refractivity contribution >= 4 is 5.91 Å². The van der Waals surface area contributed by atoms with E-state index in [1.54, 1.807) is 11.0 Å². The van der Waals surface area contributed by atoms with Gasteiger partial charge in [0.05, 0.1) is 11.8 Å². The number of hydrogen-bond acceptors (Lipinski definition) is 3. The van der Waals surface area contributed by atoms with E-state index in [0.29, 0.717) is 18.0 Å². The first-order valence-electron chi connectivity index (χ1n) is 5.23. The molecule has 0 spiro atoms. The zero-order valence-corrected chi connectivity index (χ0v) is 8.85. The predicted molar refractivity (Wildman–Crippen MR) is 56.4 cm³/mol. The van der Waals surface area contributed by atoms with Gasteiger partial charge in [-0.25, -0.2) is 0 Å². The number of amides is 1. The van der Waals surface area contributed by atoms with Crippen LogP contribution >= 0.6 is 0 Å². The second kappa shape index (κ2) is 4.06. The van der Waals surface area contributed by atoms with Crippen LogP contribution in [0.15, 0.2) is 23.0 Å². The summed E-state index contributed by atoms with van der Waals surface area (Å²) < 4.78 is 4.90. The summed E-state index contributed by atoms with van der Waals surface area (Å²) in [5.41, 5.74) is 6.28. The molecule has 1 saturated carbocycles. The first kappa shape index (κ1) is 10.2. The Morgan fingerprint density at radius 3 is 2.93 bits per heavy atom. The molecule has 0 saturated heterocycles. The molecule has 0 aliphatic heterocycles. The summed E-state index contributed by atoms with van der Waals surface area (Å²) in [4.78, 5) is 13.7. The standard InChI is InChI=1S/C11H16N2O2/c1-13(10(6-12)8-2-3-8)11(14)9-4-5-15-7-9/h4-5,7-8,10H,2-3,6,12H2,1H3. The zero-order chi connectivity index (χ0) is 10.8. The number of hydrogen-bond donors (Lipinski definition) is 1. The highest BCUT2D eigenvalue weighted by Gasteiger charge is 2.35. The third kappa shape index (κ3) is 2.04. The normalized spacial score (nSPS) is 17.5. The maximum absolute atomic E-state index is 11.9. The van der Waals surface area contributed by atoms with Crippen molar-refractivity contribution < 1.29 is 9.21 Å². The lowest BCUT2D eigenvalue weighted by atomic mass is 10.1. The van der Waals surface area contributed by atoms with Crippen molar-refractivity contribution in [2.45, 2.75) is 18.9 Å². The van der Waals surface area contributed by atoms with E-state index in [1.807, 2.05) is 7.05 Å². The van der Waals surface area contributed by atoms with Crippen molar-refractivity contribution in [3.05, 3.63) is 24.2 Å². The molecule has 0 bridgehead atoms. The van der Waals surface area contributed by atoms with E-state index in [9.17, 15) is 4.79 Å². The lowest BCUT2D eigenvalue weighted by molar-refractivity contribution is 0.0718. The minimum Gasteiger partial charge on any atom is -0.472 e. The van der Waals surface area contributed by atoms with Crippen LogP contribution in [-0.2, 0) is 0 Å². The quantitative estimate of drug-likeness (QED) is 0.805. The molecule has 1 aliphatic rings. The Morgan fingerprint density at radius 2 is 2.47 bits per heavy atom. The van der Waals surface area contributed by atoms with E-state index in [1.165, 1.54) is 25.4 Å². The fourth-order valence-corrected chi connectivity index (χ4v) is 1.89. The Hall–Kier alpha value is -1.29. The number of carbonyl (C=O) groups is 1. The first-order chi connectivity index (χ1) is 7.24. The summed E-state index contributed by atoms with van der Waals surface area (Å²) in [6, 6.07) is 1.85. The second-order valence-electron chi connectivity index (χ2n) is 4.07. The number of furan rings is 1. The summed E-state index contributed by atoms with van der Waals surface area (Å²) in [6.45, 7) is 0.532. The van der Waals surface area contributed by atoms with Gasteiger partial charge in [0.2, 0.25) is 0 Å². The number of nitrogens with zero attached hydrogens (tertiary/aromatic N) is 1. The molecular formula is C11H16N2O2. The van der Waals surface area contributed by atoms with Crippen LogP contribution in [0.1, 0.15) is 23.2 Å². The van der Waals surface area contributed by atoms with Crippen LogP contribution in [0.4, 0.5) is 0 Å². The highest BCUT2D eigenvalue weighted by atomic mass is 16.3. The Balaban J connectivity index is 2.05. The van der Waals surface area contributed by atoms with Gasteiger partial charge in [-0.3, -0.25) is 4.79 Å². The number of likely N-dealkylation sites (N-methyl/N-ethyl adjacent to an activating group) is 1. The van der Waals surface area contributed by atoms with Gasteiger partial charge in [-0.15, -0.1) is 0 Å². The van der Waals surface area contributed by atoms with Gasteiger partial charge in [0.15, 0.2) is 0 Å². The highest BCUT2D eigenvalue weighted by molar-refractivity contribution is 5.93. The molecule has 2 rings (SSSR count). The Kier molecular flexibility index (Phi) is 2.77. The molecule has 1 heterocycles. The van der Waals surface area contributed by atoms with Crippen molar-refractivity contribution in [3.8, 4) is 0 Å². The summed E-state index contributed by atoms with van der Waals surface area (Å²) >= 11 is 0. The minimum atomic E-state index is -0.00824. The van der Waals surface area contributed by atoms with Crippen LogP contribution in [0.2, 0.25) is 0 Å². The second-order valence-corrected chi connectivity index (χ2v) is 4.07. The zero-order valence-electron chi connectivity index (χ0n) is 8.85. The van der Waals surface area contributed by atoms with Crippen molar-refractivity contribution in [2.24, 2.45) is 11.7 Å². The SMILES string of the molecule is CN(C(=O)c1ccoc1)C(CN)C1CC1. The van der Waals surface area contributed by atoms with E-state index in [2.05, 4.69) is 0 Å². The summed E-state index contributed by atoms with van der Waals surface area (Å²) in [5, 5.41) is 0. The number of nitrogens with two attached hydrogens (primary N) is 1. The molecule has 1 amide bonds. The van der Waals surface area contributed by atoms with Gasteiger partial charge in [0.1, 0.15) is 6.26 Å². The van der Waals surface area contributed by atoms with Gasteiger partial charge in [-0.2, -0.15) is 0 Å². The minimum absolute atomic E-state index is 0.00824. The predicted octanol–water partition coefficient (Wildman–Crippen LogP) is 1.09. The van der Waals surface area contributed by atoms with Gasteiger partial charge < -0.3 is 15.1 Å². The van der Waals surface area contributed by atoms with Gasteiger partial charge >= 0.3 is 0 Å². The van der Waals surface area contributed by atoms with E-state index in [0.717, 1.165) is 0 Å². The average Bonchev–Trinajstić information content (AvgIpc) is 2.93. The molecule has 4 nitrogen and oxygen atoms in total. The van der Waals surface area contributed by atoms with E-state index in [-0.39, 0.29) is 11.9 Å². The number of carbonyl (C=O) groups excluding carboxylic acids is 1. The van der Waals surface area contributed by atoms with Crippen LogP contribution in [0, 0.1) is 5.92 Å². The van der Waals surface area contributed by atoms with Crippen molar-refractivity contribution in [1.29, 1.82) is 0 Å². The molecule has 0 aromatic carbocycles. The van der Waals surface area contributed by atoms with Gasteiger partial charge in [-0.1, -0.05) is 0 Å². The third-order valence-corrected chi connectivity index (χ3v) is 2.99. The Labute approximate surface area is 89.0 Å². The smallest absolute Gasteiger partial charge is 0.257 e. The van der Waals surface area contributed by atoms with Crippen LogP contribution in [0.5, 0.6) is 0 Å². The number of rotatable bonds is 4. The molecule has 2 N–H and O–H groups in total. The van der Waals surface area contributed by atoms with Crippen LogP contribution in [-0.4, -0.2) is 30.4 Å². The van der Waals surface area contributed by atoms with Gasteiger partial charge in [0.25, 0.3) is 5.91 Å². The van der Waals surface area contributed by atoms with Gasteiger partial charge in [-0.05, 0) is 24.8 Å². The maximum atomic E-state index is 11.9. The van der Waals surface area contributed by atoms with Crippen molar-refractivity contribution in [2.75, 3.05) is 13.6 Å².